The summed E-state index contributed by atoms with van der Waals surface area (Å²) in [5.41, 5.74) is 0.681. The highest BCUT2D eigenvalue weighted by molar-refractivity contribution is 6.30. The fourth-order valence-electron chi connectivity index (χ4n) is 3.47. The summed E-state index contributed by atoms with van der Waals surface area (Å²) >= 11 is 5.92. The van der Waals surface area contributed by atoms with Gasteiger partial charge in [-0.25, -0.2) is 4.79 Å². The number of hydrogen-bond donors (Lipinski definition) is 1. The SMILES string of the molecule is CC(=O)N[C@H]1[C@@H](OC(=O)COc2ccc(Cl)cc2C)O[C@@H](COC(C)=O)[C@@H](OC(C)=O)[C@H]1OC(C)=O. The van der Waals surface area contributed by atoms with E-state index >= 15 is 0 Å². The molecule has 1 saturated heterocycles. The average Bonchev–Trinajstić information content (AvgIpc) is 2.75. The van der Waals surface area contributed by atoms with Gasteiger partial charge in [-0.3, -0.25) is 19.2 Å². The fraction of sp³-hybridized carbons (Fsp3) is 0.522. The Hall–Kier alpha value is -3.38. The van der Waals surface area contributed by atoms with Crippen LogP contribution in [0.4, 0.5) is 0 Å². The third-order valence-electron chi connectivity index (χ3n) is 4.80. The van der Waals surface area contributed by atoms with Crippen LogP contribution in [0.5, 0.6) is 5.75 Å². The lowest BCUT2D eigenvalue weighted by Crippen LogP contribution is -2.66. The van der Waals surface area contributed by atoms with Crippen molar-refractivity contribution in [2.24, 2.45) is 0 Å². The van der Waals surface area contributed by atoms with Crippen LogP contribution in [0.2, 0.25) is 5.02 Å². The third kappa shape index (κ3) is 8.68. The molecule has 1 aromatic carbocycles. The highest BCUT2D eigenvalue weighted by Crippen LogP contribution is 2.28. The van der Waals surface area contributed by atoms with Gasteiger partial charge in [-0.05, 0) is 30.7 Å². The molecular formula is C23H28ClNO11. The molecule has 1 heterocycles. The zero-order valence-corrected chi connectivity index (χ0v) is 21.2. The molecule has 0 unspecified atom stereocenters. The molecule has 1 aliphatic rings. The second kappa shape index (κ2) is 13.1. The maximum atomic E-state index is 12.6. The van der Waals surface area contributed by atoms with Gasteiger partial charge in [-0.15, -0.1) is 0 Å². The molecule has 1 aromatic rings. The van der Waals surface area contributed by atoms with Gasteiger partial charge in [0.1, 0.15) is 24.5 Å². The summed E-state index contributed by atoms with van der Waals surface area (Å²) in [6, 6.07) is 3.55. The van der Waals surface area contributed by atoms with Gasteiger partial charge in [0, 0.05) is 32.7 Å². The highest BCUT2D eigenvalue weighted by Gasteiger charge is 2.52. The zero-order valence-electron chi connectivity index (χ0n) is 20.4. The summed E-state index contributed by atoms with van der Waals surface area (Å²) in [4.78, 5) is 59.5. The van der Waals surface area contributed by atoms with Gasteiger partial charge in [0.25, 0.3) is 0 Å². The predicted octanol–water partition coefficient (Wildman–Crippen LogP) is 1.23. The van der Waals surface area contributed by atoms with Crippen molar-refractivity contribution in [3.8, 4) is 5.75 Å². The first kappa shape index (κ1) is 28.9. The molecule has 0 spiro atoms. The molecule has 0 aromatic heterocycles. The Morgan fingerprint density at radius 3 is 2.14 bits per heavy atom. The van der Waals surface area contributed by atoms with Gasteiger partial charge in [0.15, 0.2) is 18.8 Å². The average molecular weight is 530 g/mol. The number of amides is 1. The number of benzene rings is 1. The zero-order chi connectivity index (χ0) is 27.0. The van der Waals surface area contributed by atoms with Crippen molar-refractivity contribution in [2.75, 3.05) is 13.2 Å². The van der Waals surface area contributed by atoms with Crippen LogP contribution in [0.3, 0.4) is 0 Å². The summed E-state index contributed by atoms with van der Waals surface area (Å²) in [5.74, 6) is -3.25. The van der Waals surface area contributed by atoms with E-state index in [0.29, 0.717) is 16.3 Å². The lowest BCUT2D eigenvalue weighted by atomic mass is 9.96. The van der Waals surface area contributed by atoms with E-state index in [4.69, 9.17) is 40.0 Å². The Labute approximate surface area is 212 Å². The van der Waals surface area contributed by atoms with Crippen LogP contribution in [0, 0.1) is 6.92 Å². The van der Waals surface area contributed by atoms with Gasteiger partial charge < -0.3 is 33.7 Å². The monoisotopic (exact) mass is 529 g/mol. The second-order valence-electron chi connectivity index (χ2n) is 7.91. The molecule has 1 aliphatic heterocycles. The van der Waals surface area contributed by atoms with E-state index in [0.717, 1.165) is 20.8 Å². The minimum atomic E-state index is -1.52. The first-order chi connectivity index (χ1) is 16.9. The molecule has 0 saturated carbocycles. The summed E-state index contributed by atoms with van der Waals surface area (Å²) in [7, 11) is 0. The summed E-state index contributed by atoms with van der Waals surface area (Å²) in [6.45, 7) is 5.34. The van der Waals surface area contributed by atoms with E-state index in [-0.39, 0.29) is 0 Å². The summed E-state index contributed by atoms with van der Waals surface area (Å²) in [5, 5.41) is 2.99. The number of rotatable bonds is 9. The maximum Gasteiger partial charge on any atom is 0.346 e. The Morgan fingerprint density at radius 1 is 0.944 bits per heavy atom. The van der Waals surface area contributed by atoms with Crippen LogP contribution in [0.1, 0.15) is 33.3 Å². The van der Waals surface area contributed by atoms with Crippen LogP contribution in [0.25, 0.3) is 0 Å². The van der Waals surface area contributed by atoms with Crippen LogP contribution < -0.4 is 10.1 Å². The molecule has 0 aliphatic carbocycles. The third-order valence-corrected chi connectivity index (χ3v) is 5.04. The van der Waals surface area contributed by atoms with Crippen LogP contribution in [-0.4, -0.2) is 73.6 Å². The Balaban J connectivity index is 2.29. The Kier molecular flexibility index (Phi) is 10.5. The lowest BCUT2D eigenvalue weighted by Gasteiger charge is -2.44. The first-order valence-electron chi connectivity index (χ1n) is 10.9. The summed E-state index contributed by atoms with van der Waals surface area (Å²) in [6.07, 6.45) is -5.37. The second-order valence-corrected chi connectivity index (χ2v) is 8.34. The van der Waals surface area contributed by atoms with Crippen molar-refractivity contribution in [2.45, 2.75) is 65.3 Å². The molecule has 0 bridgehead atoms. The number of carbonyl (C=O) groups excluding carboxylic acids is 5. The first-order valence-corrected chi connectivity index (χ1v) is 11.2. The van der Waals surface area contributed by atoms with Gasteiger partial charge >= 0.3 is 23.9 Å². The van der Waals surface area contributed by atoms with E-state index in [1.807, 2.05) is 0 Å². The molecular weight excluding hydrogens is 502 g/mol. The minimum absolute atomic E-state index is 0.389. The lowest BCUT2D eigenvalue weighted by molar-refractivity contribution is -0.272. The molecule has 1 fully saturated rings. The normalized spacial score (nSPS) is 23.1. The molecule has 1 amide bonds. The quantitative estimate of drug-likeness (QED) is 0.363. The number of ether oxygens (including phenoxy) is 6. The number of hydrogen-bond acceptors (Lipinski definition) is 11. The van der Waals surface area contributed by atoms with Crippen molar-refractivity contribution in [3.63, 3.8) is 0 Å². The van der Waals surface area contributed by atoms with E-state index < -0.39 is 73.6 Å². The van der Waals surface area contributed by atoms with Crippen molar-refractivity contribution in [3.05, 3.63) is 28.8 Å². The number of halogens is 1. The number of nitrogens with one attached hydrogen (secondary N) is 1. The molecule has 5 atom stereocenters. The number of carbonyl (C=O) groups is 5. The minimum Gasteiger partial charge on any atom is -0.482 e. The van der Waals surface area contributed by atoms with Crippen LogP contribution >= 0.6 is 11.6 Å². The maximum absolute atomic E-state index is 12.6. The van der Waals surface area contributed by atoms with Crippen molar-refractivity contribution in [1.29, 1.82) is 0 Å². The smallest absolute Gasteiger partial charge is 0.346 e. The van der Waals surface area contributed by atoms with Gasteiger partial charge in [-0.1, -0.05) is 11.6 Å². The Morgan fingerprint density at radius 2 is 1.58 bits per heavy atom. The van der Waals surface area contributed by atoms with Gasteiger partial charge in [-0.2, -0.15) is 0 Å². The standard InChI is InChI=1S/C23H28ClNO11/c1-11-8-16(24)6-7-17(11)32-10-19(30)36-23-20(25-12(2)26)22(34-15(5)29)21(33-14(4)28)18(35-23)9-31-13(3)27/h6-8,18,20-23H,9-10H2,1-5H3,(H,25,26)/t18-,20+,21+,22-,23+/m0/s1. The largest absolute Gasteiger partial charge is 0.482 e. The van der Waals surface area contributed by atoms with Crippen molar-refractivity contribution in [1.82, 2.24) is 5.32 Å². The van der Waals surface area contributed by atoms with E-state index in [9.17, 15) is 24.0 Å². The van der Waals surface area contributed by atoms with E-state index in [1.165, 1.54) is 6.92 Å². The van der Waals surface area contributed by atoms with Crippen LogP contribution in [-0.2, 0) is 47.7 Å². The predicted molar refractivity (Wildman–Crippen MR) is 122 cm³/mol. The highest BCUT2D eigenvalue weighted by atomic mass is 35.5. The van der Waals surface area contributed by atoms with Crippen LogP contribution in [0.15, 0.2) is 18.2 Å². The van der Waals surface area contributed by atoms with Crippen molar-refractivity contribution < 1.29 is 52.4 Å². The van der Waals surface area contributed by atoms with Crippen molar-refractivity contribution >= 4 is 41.4 Å². The van der Waals surface area contributed by atoms with E-state index in [1.54, 1.807) is 25.1 Å². The molecule has 0 radical (unpaired) electrons. The number of esters is 4. The molecule has 2 rings (SSSR count). The molecule has 12 nitrogen and oxygen atoms in total. The van der Waals surface area contributed by atoms with E-state index in [2.05, 4.69) is 5.32 Å². The molecule has 198 valence electrons. The summed E-state index contributed by atoms with van der Waals surface area (Å²) < 4.78 is 32.2. The number of aryl methyl sites for hydroxylation is 1. The topological polar surface area (TPSA) is 153 Å². The Bertz CT molecular complexity index is 998. The van der Waals surface area contributed by atoms with Gasteiger partial charge in [0.05, 0.1) is 0 Å². The molecule has 1 N–H and O–H groups in total. The van der Waals surface area contributed by atoms with Gasteiger partial charge in [0.2, 0.25) is 12.2 Å². The molecule has 13 heteroatoms. The fourth-order valence-corrected chi connectivity index (χ4v) is 3.69. The molecule has 36 heavy (non-hydrogen) atoms.